The molecule has 0 atom stereocenters. The molecule has 0 aromatic heterocycles. The van der Waals surface area contributed by atoms with E-state index in [2.05, 4.69) is 12.1 Å². The van der Waals surface area contributed by atoms with Gasteiger partial charge in [0.15, 0.2) is 23.0 Å². The maximum absolute atomic E-state index is 10.1. The van der Waals surface area contributed by atoms with Crippen LogP contribution in [0.1, 0.15) is 22.3 Å². The van der Waals surface area contributed by atoms with E-state index in [1.54, 1.807) is 40.6 Å². The summed E-state index contributed by atoms with van der Waals surface area (Å²) in [5.74, 6) is 4.16. The predicted octanol–water partition coefficient (Wildman–Crippen LogP) is 6.79. The minimum Gasteiger partial charge on any atom is -0.504 e. The van der Waals surface area contributed by atoms with Crippen molar-refractivity contribution >= 4 is 0 Å². The highest BCUT2D eigenvalue weighted by Gasteiger charge is 2.11. The van der Waals surface area contributed by atoms with E-state index in [1.165, 1.54) is 5.56 Å². The van der Waals surface area contributed by atoms with Gasteiger partial charge in [-0.15, -0.1) is 0 Å². The lowest BCUT2D eigenvalue weighted by atomic mass is 10.0. The van der Waals surface area contributed by atoms with Gasteiger partial charge in [0.2, 0.25) is 0 Å². The molecule has 0 amide bonds. The second kappa shape index (κ2) is 12.8. The minimum absolute atomic E-state index is 0.143. The molecule has 0 spiro atoms. The number of phenolic OH excluding ortho intramolecular Hbond substituents is 1. The van der Waals surface area contributed by atoms with Gasteiger partial charge in [0, 0.05) is 6.07 Å². The van der Waals surface area contributed by atoms with Gasteiger partial charge >= 0.3 is 0 Å². The SMILES string of the molecule is COc1cccc(CCc2cc(OC)cc(Oc3cc(CCc4ccc(OC)c(O)c4)ccc3OC)c2)c1. The Labute approximate surface area is 224 Å². The molecule has 4 aromatic rings. The molecule has 0 aliphatic heterocycles. The summed E-state index contributed by atoms with van der Waals surface area (Å²) >= 11 is 0. The van der Waals surface area contributed by atoms with Crippen molar-refractivity contribution in [1.82, 2.24) is 0 Å². The summed E-state index contributed by atoms with van der Waals surface area (Å²) in [6.45, 7) is 0. The van der Waals surface area contributed by atoms with Crippen molar-refractivity contribution in [3.05, 3.63) is 101 Å². The van der Waals surface area contributed by atoms with Crippen molar-refractivity contribution in [2.45, 2.75) is 25.7 Å². The average Bonchev–Trinajstić information content (AvgIpc) is 2.95. The van der Waals surface area contributed by atoms with Crippen molar-refractivity contribution in [2.24, 2.45) is 0 Å². The van der Waals surface area contributed by atoms with Gasteiger partial charge in [-0.3, -0.25) is 0 Å². The van der Waals surface area contributed by atoms with Gasteiger partial charge in [-0.2, -0.15) is 0 Å². The Balaban J connectivity index is 1.49. The Hall–Kier alpha value is -4.32. The van der Waals surface area contributed by atoms with Gasteiger partial charge in [-0.25, -0.2) is 0 Å². The lowest BCUT2D eigenvalue weighted by molar-refractivity contribution is 0.373. The van der Waals surface area contributed by atoms with Gasteiger partial charge < -0.3 is 28.8 Å². The second-order valence-electron chi connectivity index (χ2n) is 8.96. The number of phenols is 1. The summed E-state index contributed by atoms with van der Waals surface area (Å²) in [7, 11) is 6.51. The number of aryl methyl sites for hydroxylation is 4. The van der Waals surface area contributed by atoms with Crippen LogP contribution in [0.4, 0.5) is 0 Å². The van der Waals surface area contributed by atoms with Crippen molar-refractivity contribution < 1.29 is 28.8 Å². The second-order valence-corrected chi connectivity index (χ2v) is 8.96. The Kier molecular flexibility index (Phi) is 8.98. The molecule has 0 aliphatic rings. The lowest BCUT2D eigenvalue weighted by Crippen LogP contribution is -1.97. The molecule has 1 N–H and O–H groups in total. The fourth-order valence-corrected chi connectivity index (χ4v) is 4.33. The Morgan fingerprint density at radius 3 is 1.71 bits per heavy atom. The molecule has 0 bridgehead atoms. The van der Waals surface area contributed by atoms with Crippen LogP contribution in [0.15, 0.2) is 78.9 Å². The highest BCUT2D eigenvalue weighted by Crippen LogP contribution is 2.35. The Morgan fingerprint density at radius 1 is 0.474 bits per heavy atom. The van der Waals surface area contributed by atoms with E-state index in [0.29, 0.717) is 23.0 Å². The fourth-order valence-electron chi connectivity index (χ4n) is 4.33. The summed E-state index contributed by atoms with van der Waals surface area (Å²) in [6.07, 6.45) is 3.23. The van der Waals surface area contributed by atoms with Crippen LogP contribution in [0, 0.1) is 0 Å². The van der Waals surface area contributed by atoms with Crippen LogP contribution < -0.4 is 23.7 Å². The number of hydrogen-bond donors (Lipinski definition) is 1. The first-order valence-corrected chi connectivity index (χ1v) is 12.5. The molecule has 4 rings (SSSR count). The normalized spacial score (nSPS) is 10.6. The maximum atomic E-state index is 10.1. The van der Waals surface area contributed by atoms with Crippen molar-refractivity contribution in [3.63, 3.8) is 0 Å². The summed E-state index contributed by atoms with van der Waals surface area (Å²) in [6, 6.07) is 25.5. The molecule has 6 nitrogen and oxygen atoms in total. The zero-order valence-electron chi connectivity index (χ0n) is 22.3. The number of hydrogen-bond acceptors (Lipinski definition) is 6. The van der Waals surface area contributed by atoms with Gasteiger partial charge in [-0.05, 0) is 96.5 Å². The Bertz CT molecular complexity index is 1360. The number of ether oxygens (including phenoxy) is 5. The molecule has 0 unspecified atom stereocenters. The molecule has 0 aliphatic carbocycles. The molecule has 0 fully saturated rings. The predicted molar refractivity (Wildman–Crippen MR) is 149 cm³/mol. The average molecular weight is 515 g/mol. The first kappa shape index (κ1) is 26.7. The largest absolute Gasteiger partial charge is 0.504 e. The third kappa shape index (κ3) is 6.91. The van der Waals surface area contributed by atoms with E-state index in [4.69, 9.17) is 23.7 Å². The third-order valence-corrected chi connectivity index (χ3v) is 6.41. The molecule has 0 saturated carbocycles. The molecule has 6 heteroatoms. The van der Waals surface area contributed by atoms with Crippen LogP contribution >= 0.6 is 0 Å². The zero-order chi connectivity index (χ0) is 26.9. The van der Waals surface area contributed by atoms with E-state index < -0.39 is 0 Å². The van der Waals surface area contributed by atoms with Gasteiger partial charge in [-0.1, -0.05) is 24.3 Å². The molecular formula is C32H34O6. The summed E-state index contributed by atoms with van der Waals surface area (Å²) in [5.41, 5.74) is 4.43. The lowest BCUT2D eigenvalue weighted by Gasteiger charge is -2.14. The van der Waals surface area contributed by atoms with Crippen molar-refractivity contribution in [3.8, 4) is 40.2 Å². The minimum atomic E-state index is 0.143. The summed E-state index contributed by atoms with van der Waals surface area (Å²) in [4.78, 5) is 0. The fraction of sp³-hybridized carbons (Fsp3) is 0.250. The van der Waals surface area contributed by atoms with Crippen LogP contribution in [0.5, 0.6) is 40.2 Å². The van der Waals surface area contributed by atoms with Gasteiger partial charge in [0.1, 0.15) is 17.2 Å². The molecule has 0 radical (unpaired) electrons. The van der Waals surface area contributed by atoms with Crippen LogP contribution in [-0.2, 0) is 25.7 Å². The standard InChI is InChI=1S/C32H34O6/c1-34-26-7-5-6-22(16-26)10-11-25-17-27(35-2)21-28(18-25)38-32-20-24(13-15-31(32)37-4)9-8-23-12-14-30(36-3)29(33)19-23/h5-7,12-21,33H,8-11H2,1-4H3. The molecule has 38 heavy (non-hydrogen) atoms. The van der Waals surface area contributed by atoms with Crippen molar-refractivity contribution in [2.75, 3.05) is 28.4 Å². The summed E-state index contributed by atoms with van der Waals surface area (Å²) < 4.78 is 28.0. The maximum Gasteiger partial charge on any atom is 0.169 e. The topological polar surface area (TPSA) is 66.4 Å². The zero-order valence-corrected chi connectivity index (χ0v) is 22.3. The molecule has 4 aromatic carbocycles. The van der Waals surface area contributed by atoms with Crippen LogP contribution in [0.3, 0.4) is 0 Å². The van der Waals surface area contributed by atoms with Crippen LogP contribution in [0.25, 0.3) is 0 Å². The highest BCUT2D eigenvalue weighted by molar-refractivity contribution is 5.48. The van der Waals surface area contributed by atoms with E-state index in [9.17, 15) is 5.11 Å². The van der Waals surface area contributed by atoms with Crippen LogP contribution in [-0.4, -0.2) is 33.5 Å². The van der Waals surface area contributed by atoms with Gasteiger partial charge in [0.25, 0.3) is 0 Å². The number of rotatable bonds is 12. The van der Waals surface area contributed by atoms with E-state index >= 15 is 0 Å². The number of benzene rings is 4. The molecule has 0 saturated heterocycles. The first-order valence-electron chi connectivity index (χ1n) is 12.5. The smallest absolute Gasteiger partial charge is 0.169 e. The van der Waals surface area contributed by atoms with Crippen LogP contribution in [0.2, 0.25) is 0 Å². The first-order chi connectivity index (χ1) is 18.5. The van der Waals surface area contributed by atoms with Crippen molar-refractivity contribution in [1.29, 1.82) is 0 Å². The molecule has 0 heterocycles. The number of methoxy groups -OCH3 is 4. The third-order valence-electron chi connectivity index (χ3n) is 6.41. The molecule has 198 valence electrons. The summed E-state index contributed by atoms with van der Waals surface area (Å²) in [5, 5.41) is 10.1. The van der Waals surface area contributed by atoms with E-state index in [-0.39, 0.29) is 5.75 Å². The van der Waals surface area contributed by atoms with E-state index in [0.717, 1.165) is 53.9 Å². The van der Waals surface area contributed by atoms with Gasteiger partial charge in [0.05, 0.1) is 28.4 Å². The molecular weight excluding hydrogens is 480 g/mol. The Morgan fingerprint density at radius 2 is 1.05 bits per heavy atom. The highest BCUT2D eigenvalue weighted by atomic mass is 16.5. The monoisotopic (exact) mass is 514 g/mol. The quantitative estimate of drug-likeness (QED) is 0.225. The number of aromatic hydroxyl groups is 1. The van der Waals surface area contributed by atoms with E-state index in [1.807, 2.05) is 54.6 Å².